The average molecular weight is 362 g/mol. The Balaban J connectivity index is 1.40. The van der Waals surface area contributed by atoms with Gasteiger partial charge in [-0.2, -0.15) is 0 Å². The molecule has 1 N–H and O–H groups in total. The minimum absolute atomic E-state index is 0.0508. The normalized spacial score (nSPS) is 15.2. The lowest BCUT2D eigenvalue weighted by Gasteiger charge is -2.31. The molecule has 5 nitrogen and oxygen atoms in total. The van der Waals surface area contributed by atoms with E-state index in [0.29, 0.717) is 18.8 Å². The molecule has 0 saturated carbocycles. The molecule has 0 radical (unpaired) electrons. The van der Waals surface area contributed by atoms with Gasteiger partial charge < -0.3 is 14.6 Å². The maximum Gasteiger partial charge on any atom is 0.289 e. The van der Waals surface area contributed by atoms with Gasteiger partial charge >= 0.3 is 0 Å². The SMILES string of the molecule is O=C(CSc1ccc(F)cc1)NC1CCN(C(=O)c2ccco2)CC1. The van der Waals surface area contributed by atoms with Crippen LogP contribution < -0.4 is 5.32 Å². The number of halogens is 1. The fraction of sp³-hybridized carbons (Fsp3) is 0.333. The van der Waals surface area contributed by atoms with Crippen molar-refractivity contribution in [3.05, 3.63) is 54.2 Å². The highest BCUT2D eigenvalue weighted by Crippen LogP contribution is 2.18. The van der Waals surface area contributed by atoms with Crippen LogP contribution in [0.15, 0.2) is 52.0 Å². The van der Waals surface area contributed by atoms with Gasteiger partial charge in [-0.15, -0.1) is 11.8 Å². The van der Waals surface area contributed by atoms with Gasteiger partial charge in [0.15, 0.2) is 5.76 Å². The Labute approximate surface area is 149 Å². The number of amides is 2. The molecular weight excluding hydrogens is 343 g/mol. The smallest absolute Gasteiger partial charge is 0.289 e. The summed E-state index contributed by atoms with van der Waals surface area (Å²) in [7, 11) is 0. The largest absolute Gasteiger partial charge is 0.459 e. The summed E-state index contributed by atoms with van der Waals surface area (Å²) < 4.78 is 18.0. The molecule has 3 rings (SSSR count). The first-order valence-electron chi connectivity index (χ1n) is 8.12. The van der Waals surface area contributed by atoms with Gasteiger partial charge in [0.05, 0.1) is 12.0 Å². The van der Waals surface area contributed by atoms with Crippen LogP contribution in [0.3, 0.4) is 0 Å². The minimum atomic E-state index is -0.287. The molecule has 1 aliphatic heterocycles. The van der Waals surface area contributed by atoms with Crippen molar-refractivity contribution in [1.82, 2.24) is 10.2 Å². The van der Waals surface area contributed by atoms with Crippen molar-refractivity contribution >= 4 is 23.6 Å². The lowest BCUT2D eigenvalue weighted by atomic mass is 10.0. The molecule has 0 aliphatic carbocycles. The predicted molar refractivity (Wildman–Crippen MR) is 92.9 cm³/mol. The van der Waals surface area contributed by atoms with Crippen molar-refractivity contribution in [2.75, 3.05) is 18.8 Å². The number of likely N-dealkylation sites (tertiary alicyclic amines) is 1. The Hall–Kier alpha value is -2.28. The molecule has 2 heterocycles. The first-order valence-corrected chi connectivity index (χ1v) is 9.11. The van der Waals surface area contributed by atoms with Crippen molar-refractivity contribution in [3.8, 4) is 0 Å². The summed E-state index contributed by atoms with van der Waals surface area (Å²) in [6.45, 7) is 1.19. The van der Waals surface area contributed by atoms with E-state index in [2.05, 4.69) is 5.32 Å². The summed E-state index contributed by atoms with van der Waals surface area (Å²) in [5.74, 6) is 0.187. The molecule has 25 heavy (non-hydrogen) atoms. The summed E-state index contributed by atoms with van der Waals surface area (Å²) in [4.78, 5) is 26.8. The fourth-order valence-corrected chi connectivity index (χ4v) is 3.44. The van der Waals surface area contributed by atoms with Crippen LogP contribution in [0.4, 0.5) is 4.39 Å². The number of thioether (sulfide) groups is 1. The molecule has 7 heteroatoms. The molecule has 1 aliphatic rings. The highest BCUT2D eigenvalue weighted by Gasteiger charge is 2.25. The number of benzene rings is 1. The maximum absolute atomic E-state index is 12.9. The molecule has 2 aromatic rings. The van der Waals surface area contributed by atoms with Crippen LogP contribution in [0.5, 0.6) is 0 Å². The molecule has 0 bridgehead atoms. The monoisotopic (exact) mass is 362 g/mol. The van der Waals surface area contributed by atoms with E-state index in [-0.39, 0.29) is 29.4 Å². The zero-order chi connectivity index (χ0) is 17.6. The van der Waals surface area contributed by atoms with Crippen LogP contribution in [-0.2, 0) is 4.79 Å². The Morgan fingerprint density at radius 2 is 1.92 bits per heavy atom. The van der Waals surface area contributed by atoms with Crippen LogP contribution in [0.25, 0.3) is 0 Å². The highest BCUT2D eigenvalue weighted by atomic mass is 32.2. The van der Waals surface area contributed by atoms with Gasteiger partial charge in [-0.1, -0.05) is 0 Å². The average Bonchev–Trinajstić information content (AvgIpc) is 3.16. The van der Waals surface area contributed by atoms with Gasteiger partial charge in [0.2, 0.25) is 5.91 Å². The van der Waals surface area contributed by atoms with E-state index in [9.17, 15) is 14.0 Å². The quantitative estimate of drug-likeness (QED) is 0.831. The van der Waals surface area contributed by atoms with Gasteiger partial charge in [0.25, 0.3) is 5.91 Å². The summed E-state index contributed by atoms with van der Waals surface area (Å²) >= 11 is 1.37. The molecule has 0 atom stereocenters. The zero-order valence-electron chi connectivity index (χ0n) is 13.6. The highest BCUT2D eigenvalue weighted by molar-refractivity contribution is 8.00. The Kier molecular flexibility index (Phi) is 5.75. The number of hydrogen-bond acceptors (Lipinski definition) is 4. The third kappa shape index (κ3) is 4.85. The van der Waals surface area contributed by atoms with Crippen molar-refractivity contribution < 1.29 is 18.4 Å². The lowest BCUT2D eigenvalue weighted by molar-refractivity contribution is -0.119. The van der Waals surface area contributed by atoms with E-state index >= 15 is 0 Å². The van der Waals surface area contributed by atoms with Crippen molar-refractivity contribution in [1.29, 1.82) is 0 Å². The molecule has 1 aromatic heterocycles. The summed E-state index contributed by atoms with van der Waals surface area (Å²) in [5.41, 5.74) is 0. The molecular formula is C18H19FN2O3S. The first kappa shape index (κ1) is 17.5. The van der Waals surface area contributed by atoms with E-state index in [1.54, 1.807) is 29.2 Å². The number of rotatable bonds is 5. The van der Waals surface area contributed by atoms with Crippen LogP contribution >= 0.6 is 11.8 Å². The second-order valence-electron chi connectivity index (χ2n) is 5.85. The fourth-order valence-electron chi connectivity index (χ4n) is 2.73. The Bertz CT molecular complexity index is 710. The number of nitrogens with zero attached hydrogens (tertiary/aromatic N) is 1. The van der Waals surface area contributed by atoms with Crippen molar-refractivity contribution in [2.24, 2.45) is 0 Å². The van der Waals surface area contributed by atoms with Gasteiger partial charge in [0, 0.05) is 24.0 Å². The second kappa shape index (κ2) is 8.20. The van der Waals surface area contributed by atoms with E-state index in [1.807, 2.05) is 0 Å². The van der Waals surface area contributed by atoms with Gasteiger partial charge in [0.1, 0.15) is 5.82 Å². The summed E-state index contributed by atoms with van der Waals surface area (Å²) in [6.07, 6.45) is 2.93. The molecule has 132 valence electrons. The van der Waals surface area contributed by atoms with Crippen molar-refractivity contribution in [3.63, 3.8) is 0 Å². The number of piperidine rings is 1. The number of hydrogen-bond donors (Lipinski definition) is 1. The van der Waals surface area contributed by atoms with Crippen LogP contribution in [-0.4, -0.2) is 41.6 Å². The number of carbonyl (C=O) groups is 2. The molecule has 0 spiro atoms. The molecule has 2 amide bonds. The predicted octanol–water partition coefficient (Wildman–Crippen LogP) is 2.93. The van der Waals surface area contributed by atoms with Crippen LogP contribution in [0.1, 0.15) is 23.4 Å². The number of furan rings is 1. The van der Waals surface area contributed by atoms with E-state index in [4.69, 9.17) is 4.42 Å². The Morgan fingerprint density at radius 3 is 2.56 bits per heavy atom. The van der Waals surface area contributed by atoms with Gasteiger partial charge in [-0.05, 0) is 49.2 Å². The second-order valence-corrected chi connectivity index (χ2v) is 6.90. The molecule has 1 fully saturated rings. The van der Waals surface area contributed by atoms with Gasteiger partial charge in [-0.25, -0.2) is 4.39 Å². The van der Waals surface area contributed by atoms with E-state index in [0.717, 1.165) is 17.7 Å². The molecule has 1 aromatic carbocycles. The van der Waals surface area contributed by atoms with Gasteiger partial charge in [-0.3, -0.25) is 9.59 Å². The topological polar surface area (TPSA) is 62.6 Å². The van der Waals surface area contributed by atoms with Crippen LogP contribution in [0, 0.1) is 5.82 Å². The zero-order valence-corrected chi connectivity index (χ0v) is 14.4. The van der Waals surface area contributed by atoms with E-state index < -0.39 is 0 Å². The number of carbonyl (C=O) groups excluding carboxylic acids is 2. The first-order chi connectivity index (χ1) is 12.1. The van der Waals surface area contributed by atoms with Crippen molar-refractivity contribution in [2.45, 2.75) is 23.8 Å². The third-order valence-corrected chi connectivity index (χ3v) is 5.07. The number of nitrogens with one attached hydrogen (secondary N) is 1. The summed E-state index contributed by atoms with van der Waals surface area (Å²) in [6, 6.07) is 9.50. The minimum Gasteiger partial charge on any atom is -0.459 e. The van der Waals surface area contributed by atoms with Crippen LogP contribution in [0.2, 0.25) is 0 Å². The lowest BCUT2D eigenvalue weighted by Crippen LogP contribution is -2.46. The molecule has 1 saturated heterocycles. The molecule has 0 unspecified atom stereocenters. The third-order valence-electron chi connectivity index (χ3n) is 4.06. The Morgan fingerprint density at radius 1 is 1.20 bits per heavy atom. The summed E-state index contributed by atoms with van der Waals surface area (Å²) in [5, 5.41) is 3.00. The standard InChI is InChI=1S/C18H19FN2O3S/c19-13-3-5-15(6-4-13)25-12-17(22)20-14-7-9-21(10-8-14)18(23)16-2-1-11-24-16/h1-6,11,14H,7-10,12H2,(H,20,22). The maximum atomic E-state index is 12.9. The van der Waals surface area contributed by atoms with E-state index in [1.165, 1.54) is 30.2 Å².